The number of hydrogen-bond acceptors (Lipinski definition) is 2. The molecule has 3 nitrogen and oxygen atoms in total. The third-order valence-corrected chi connectivity index (χ3v) is 0.474. The van der Waals surface area contributed by atoms with Crippen LogP contribution in [0, 0.1) is 12.3 Å². The number of ether oxygens (including phenoxy) is 1. The van der Waals surface area contributed by atoms with Gasteiger partial charge in [-0.2, -0.15) is 0 Å². The molecule has 3 heteroatoms. The number of aliphatic carboxylic acids is 1. The molecule has 0 aliphatic heterocycles. The summed E-state index contributed by atoms with van der Waals surface area (Å²) < 4.78 is 4.50. The van der Waals surface area contributed by atoms with Gasteiger partial charge in [-0.1, -0.05) is 5.92 Å². The fourth-order valence-electron chi connectivity index (χ4n) is 0.203. The maximum absolute atomic E-state index is 9.74. The predicted molar refractivity (Wildman–Crippen MR) is 31.6 cm³/mol. The lowest BCUT2D eigenvalue weighted by Crippen LogP contribution is -1.88. The fourth-order valence-corrected chi connectivity index (χ4v) is 0.203. The van der Waals surface area contributed by atoms with Crippen LogP contribution in [0.5, 0.6) is 0 Å². The van der Waals surface area contributed by atoms with Gasteiger partial charge in [0.25, 0.3) is 0 Å². The molecule has 0 radical (unpaired) electrons. The monoisotopic (exact) mass is 126 g/mol. The Labute approximate surface area is 52.9 Å². The van der Waals surface area contributed by atoms with Crippen molar-refractivity contribution >= 4 is 5.97 Å². The summed E-state index contributed by atoms with van der Waals surface area (Å²) in [6, 6.07) is 0. The zero-order valence-electron chi connectivity index (χ0n) is 4.70. The molecule has 1 N–H and O–H groups in total. The lowest BCUT2D eigenvalue weighted by Gasteiger charge is -1.87. The molecule has 0 aromatic rings. The number of hydrogen-bond donors (Lipinski definition) is 1. The molecule has 0 saturated heterocycles. The Bertz CT molecular complexity index is 152. The fraction of sp³-hybridized carbons (Fsp3) is 0.167. The second kappa shape index (κ2) is 4.72. The molecule has 0 fully saturated rings. The van der Waals surface area contributed by atoms with E-state index in [9.17, 15) is 4.79 Å². The number of carboxylic acids is 1. The summed E-state index contributed by atoms with van der Waals surface area (Å²) in [5.74, 6) is 1.13. The van der Waals surface area contributed by atoms with E-state index in [2.05, 4.69) is 10.7 Å². The summed E-state index contributed by atoms with van der Waals surface area (Å²) >= 11 is 0. The van der Waals surface area contributed by atoms with E-state index in [1.807, 2.05) is 0 Å². The number of rotatable bonds is 3. The molecule has 0 amide bonds. The molecule has 0 aliphatic carbocycles. The molecular weight excluding hydrogens is 120 g/mol. The molecule has 9 heavy (non-hydrogen) atoms. The Balaban J connectivity index is 3.28. The van der Waals surface area contributed by atoms with Gasteiger partial charge in [0, 0.05) is 0 Å². The first-order valence-corrected chi connectivity index (χ1v) is 2.22. The van der Waals surface area contributed by atoms with Crippen LogP contribution in [0.15, 0.2) is 12.3 Å². The zero-order valence-corrected chi connectivity index (χ0v) is 4.70. The van der Waals surface area contributed by atoms with E-state index >= 15 is 0 Å². The molecule has 0 aromatic heterocycles. The van der Waals surface area contributed by atoms with E-state index in [1.54, 1.807) is 0 Å². The molecular formula is C6H6O3. The van der Waals surface area contributed by atoms with Crippen molar-refractivity contribution in [2.45, 2.75) is 0 Å². The molecule has 0 aromatic carbocycles. The minimum Gasteiger partial charge on any atom is -0.488 e. The van der Waals surface area contributed by atoms with E-state index < -0.39 is 5.97 Å². The van der Waals surface area contributed by atoms with Crippen LogP contribution >= 0.6 is 0 Å². The van der Waals surface area contributed by atoms with Crippen LogP contribution in [0.1, 0.15) is 0 Å². The van der Waals surface area contributed by atoms with Crippen molar-refractivity contribution in [2.75, 3.05) is 6.61 Å². The first-order valence-electron chi connectivity index (χ1n) is 2.22. The highest BCUT2D eigenvalue weighted by Crippen LogP contribution is 1.75. The van der Waals surface area contributed by atoms with Crippen LogP contribution in [0.4, 0.5) is 0 Å². The highest BCUT2D eigenvalue weighted by atomic mass is 16.5. The quantitative estimate of drug-likeness (QED) is 0.255. The van der Waals surface area contributed by atoms with Crippen molar-refractivity contribution in [3.05, 3.63) is 12.3 Å². The molecule has 0 aliphatic rings. The Morgan fingerprint density at radius 1 is 1.89 bits per heavy atom. The van der Waals surface area contributed by atoms with Crippen molar-refractivity contribution < 1.29 is 14.6 Å². The summed E-state index contributed by atoms with van der Waals surface area (Å²) in [4.78, 5) is 9.74. The van der Waals surface area contributed by atoms with Crippen LogP contribution < -0.4 is 0 Å². The first kappa shape index (κ1) is 7.57. The van der Waals surface area contributed by atoms with E-state index in [0.29, 0.717) is 0 Å². The lowest BCUT2D eigenvalue weighted by atomic mass is 10.6. The Hall–Kier alpha value is -1.43. The summed E-state index contributed by atoms with van der Waals surface area (Å²) in [6.07, 6.45) is 6.71. The van der Waals surface area contributed by atoms with Crippen LogP contribution in [0.3, 0.4) is 0 Å². The molecule has 0 saturated carbocycles. The van der Waals surface area contributed by atoms with Gasteiger partial charge in [-0.15, -0.1) is 6.42 Å². The Morgan fingerprint density at radius 3 is 3.00 bits per heavy atom. The zero-order chi connectivity index (χ0) is 7.11. The van der Waals surface area contributed by atoms with Crippen LogP contribution in [-0.4, -0.2) is 17.7 Å². The van der Waals surface area contributed by atoms with E-state index in [0.717, 1.165) is 12.3 Å². The van der Waals surface area contributed by atoms with Crippen molar-refractivity contribution in [3.8, 4) is 12.3 Å². The van der Waals surface area contributed by atoms with Gasteiger partial charge in [0.2, 0.25) is 0 Å². The van der Waals surface area contributed by atoms with Crippen molar-refractivity contribution in [1.82, 2.24) is 0 Å². The summed E-state index contributed by atoms with van der Waals surface area (Å²) in [5.41, 5.74) is 0. The summed E-state index contributed by atoms with van der Waals surface area (Å²) in [7, 11) is 0. The van der Waals surface area contributed by atoms with Crippen molar-refractivity contribution in [3.63, 3.8) is 0 Å². The molecule has 0 bridgehead atoms. The minimum absolute atomic E-state index is 0.101. The molecule has 0 atom stereocenters. The SMILES string of the molecule is C#CCO/C=C/C(=O)O. The van der Waals surface area contributed by atoms with E-state index in [-0.39, 0.29) is 6.61 Å². The molecule has 0 unspecified atom stereocenters. The van der Waals surface area contributed by atoms with Gasteiger partial charge in [0.05, 0.1) is 12.3 Å². The molecule has 0 rings (SSSR count). The largest absolute Gasteiger partial charge is 0.488 e. The number of carboxylic acid groups (broad SMARTS) is 1. The maximum Gasteiger partial charge on any atom is 0.331 e. The highest BCUT2D eigenvalue weighted by molar-refractivity contribution is 5.79. The van der Waals surface area contributed by atoms with Crippen LogP contribution in [-0.2, 0) is 9.53 Å². The predicted octanol–water partition coefficient (Wildman–Crippen LogP) is 0.234. The average molecular weight is 126 g/mol. The van der Waals surface area contributed by atoms with Gasteiger partial charge in [0.15, 0.2) is 0 Å². The van der Waals surface area contributed by atoms with Crippen molar-refractivity contribution in [2.24, 2.45) is 0 Å². The minimum atomic E-state index is -1.05. The van der Waals surface area contributed by atoms with Gasteiger partial charge < -0.3 is 9.84 Å². The lowest BCUT2D eigenvalue weighted by molar-refractivity contribution is -0.131. The Kier molecular flexibility index (Phi) is 3.97. The van der Waals surface area contributed by atoms with Gasteiger partial charge >= 0.3 is 5.97 Å². The van der Waals surface area contributed by atoms with Gasteiger partial charge in [-0.25, -0.2) is 4.79 Å². The summed E-state index contributed by atoms with van der Waals surface area (Å²) in [5, 5.41) is 7.99. The third-order valence-electron chi connectivity index (χ3n) is 0.474. The van der Waals surface area contributed by atoms with Gasteiger partial charge in [-0.05, 0) is 0 Å². The summed E-state index contributed by atoms with van der Waals surface area (Å²) in [6.45, 7) is 0.101. The Morgan fingerprint density at radius 2 is 2.56 bits per heavy atom. The maximum atomic E-state index is 9.74. The standard InChI is InChI=1S/C6H6O3/c1-2-4-9-5-3-6(7)8/h1,3,5H,4H2,(H,7,8)/b5-3+. The normalized spacial score (nSPS) is 8.78. The van der Waals surface area contributed by atoms with Crippen molar-refractivity contribution in [1.29, 1.82) is 0 Å². The van der Waals surface area contributed by atoms with E-state index in [1.165, 1.54) is 0 Å². The van der Waals surface area contributed by atoms with Gasteiger partial charge in [0.1, 0.15) is 6.61 Å². The number of terminal acetylenes is 1. The van der Waals surface area contributed by atoms with Crippen LogP contribution in [0.25, 0.3) is 0 Å². The smallest absolute Gasteiger partial charge is 0.331 e. The van der Waals surface area contributed by atoms with E-state index in [4.69, 9.17) is 11.5 Å². The first-order chi connectivity index (χ1) is 4.27. The second-order valence-corrected chi connectivity index (χ2v) is 1.16. The molecule has 0 spiro atoms. The number of carbonyl (C=O) groups is 1. The van der Waals surface area contributed by atoms with Gasteiger partial charge in [-0.3, -0.25) is 0 Å². The molecule has 0 heterocycles. The third kappa shape index (κ3) is 6.57. The van der Waals surface area contributed by atoms with Crippen LogP contribution in [0.2, 0.25) is 0 Å². The highest BCUT2D eigenvalue weighted by Gasteiger charge is 1.82. The topological polar surface area (TPSA) is 46.5 Å². The molecule has 48 valence electrons. The average Bonchev–Trinajstić information content (AvgIpc) is 1.80. The second-order valence-electron chi connectivity index (χ2n) is 1.16.